The quantitative estimate of drug-likeness (QED) is 0.161. The number of aromatic amines is 1. The number of hydrogen-bond donors (Lipinski definition) is 3. The lowest BCUT2D eigenvalue weighted by atomic mass is 9.96. The third-order valence-corrected chi connectivity index (χ3v) is 7.72. The number of nitrogens with one attached hydrogen (secondary N) is 3. The van der Waals surface area contributed by atoms with Gasteiger partial charge in [-0.05, 0) is 99.9 Å². The van der Waals surface area contributed by atoms with Crippen LogP contribution in [0.25, 0.3) is 32.6 Å². The number of pyridine rings is 1. The lowest BCUT2D eigenvalue weighted by Crippen LogP contribution is -2.29. The van der Waals surface area contributed by atoms with Crippen LogP contribution in [0, 0.1) is 19.8 Å². The van der Waals surface area contributed by atoms with E-state index in [4.69, 9.17) is 9.72 Å². The number of benzene rings is 2. The molecule has 0 aliphatic carbocycles. The van der Waals surface area contributed by atoms with Crippen molar-refractivity contribution >= 4 is 44.3 Å². The molecule has 0 fully saturated rings. The van der Waals surface area contributed by atoms with Crippen LogP contribution >= 0.6 is 0 Å². The molecule has 0 saturated carbocycles. The van der Waals surface area contributed by atoms with Crippen molar-refractivity contribution in [1.29, 1.82) is 0 Å². The average Bonchev–Trinajstić information content (AvgIpc) is 3.31. The zero-order valence-electron chi connectivity index (χ0n) is 24.5. The summed E-state index contributed by atoms with van der Waals surface area (Å²) in [7, 11) is 3.86. The van der Waals surface area contributed by atoms with Crippen LogP contribution in [-0.4, -0.2) is 61.1 Å². The molecule has 39 heavy (non-hydrogen) atoms. The highest BCUT2D eigenvalue weighted by molar-refractivity contribution is 6.18. The summed E-state index contributed by atoms with van der Waals surface area (Å²) >= 11 is 0. The molecule has 4 rings (SSSR count). The third-order valence-electron chi connectivity index (χ3n) is 7.72. The lowest BCUT2D eigenvalue weighted by Gasteiger charge is -2.18. The van der Waals surface area contributed by atoms with Gasteiger partial charge in [0.05, 0.1) is 12.6 Å². The van der Waals surface area contributed by atoms with Gasteiger partial charge in [0.15, 0.2) is 0 Å². The second-order valence-electron chi connectivity index (χ2n) is 11.2. The fraction of sp³-hybridized carbons (Fsp3) is 0.500. The van der Waals surface area contributed by atoms with E-state index in [2.05, 4.69) is 73.5 Å². The van der Waals surface area contributed by atoms with E-state index in [1.807, 2.05) is 12.3 Å². The van der Waals surface area contributed by atoms with Crippen LogP contribution in [-0.2, 0) is 4.79 Å². The van der Waals surface area contributed by atoms with E-state index in [1.54, 1.807) is 7.11 Å². The van der Waals surface area contributed by atoms with Crippen LogP contribution in [0.4, 0.5) is 5.82 Å². The summed E-state index contributed by atoms with van der Waals surface area (Å²) in [6.07, 6.45) is 6.61. The van der Waals surface area contributed by atoms with Crippen molar-refractivity contribution in [2.75, 3.05) is 45.7 Å². The van der Waals surface area contributed by atoms with Crippen molar-refractivity contribution in [2.24, 2.45) is 5.92 Å². The van der Waals surface area contributed by atoms with Gasteiger partial charge >= 0.3 is 0 Å². The number of aryl methyl sites for hydroxylation is 2. The van der Waals surface area contributed by atoms with Crippen LogP contribution in [0.1, 0.15) is 57.1 Å². The topological polar surface area (TPSA) is 82.3 Å². The van der Waals surface area contributed by atoms with Gasteiger partial charge in [0.25, 0.3) is 0 Å². The van der Waals surface area contributed by atoms with Crippen LogP contribution in [0.3, 0.4) is 0 Å². The SMILES string of the molecule is COc1ccc2[nH]c3c(C)c4ccnc(NCCCN(C)CCCNC(=O)CCCC(C)C)c4c(C)c3c2c1. The molecular weight excluding hydrogens is 486 g/mol. The van der Waals surface area contributed by atoms with Crippen molar-refractivity contribution in [1.82, 2.24) is 20.2 Å². The van der Waals surface area contributed by atoms with Gasteiger partial charge in [-0.15, -0.1) is 0 Å². The molecule has 0 unspecified atom stereocenters. The average molecular weight is 532 g/mol. The molecule has 0 aliphatic heterocycles. The van der Waals surface area contributed by atoms with E-state index in [1.165, 1.54) is 38.2 Å². The van der Waals surface area contributed by atoms with Crippen molar-refractivity contribution in [2.45, 2.75) is 59.8 Å². The molecule has 7 nitrogen and oxygen atoms in total. The van der Waals surface area contributed by atoms with Gasteiger partial charge in [-0.25, -0.2) is 4.98 Å². The molecule has 1 amide bonds. The van der Waals surface area contributed by atoms with Crippen LogP contribution in [0.5, 0.6) is 5.75 Å². The molecule has 3 N–H and O–H groups in total. The van der Waals surface area contributed by atoms with Crippen molar-refractivity contribution in [3.05, 3.63) is 41.6 Å². The molecule has 2 aromatic heterocycles. The maximum atomic E-state index is 12.0. The highest BCUT2D eigenvalue weighted by atomic mass is 16.5. The maximum Gasteiger partial charge on any atom is 0.219 e. The molecule has 0 radical (unpaired) electrons. The molecule has 2 aromatic carbocycles. The summed E-state index contributed by atoms with van der Waals surface area (Å²) in [5.41, 5.74) is 4.75. The molecule has 0 saturated heterocycles. The molecule has 2 heterocycles. The van der Waals surface area contributed by atoms with E-state index < -0.39 is 0 Å². The number of hydrogen-bond acceptors (Lipinski definition) is 5. The predicted octanol–water partition coefficient (Wildman–Crippen LogP) is 6.56. The number of fused-ring (bicyclic) bond motifs is 4. The standard InChI is InChI=1S/C32H45N5O2/c1-21(2)10-7-11-28(38)33-15-8-18-37(5)19-9-16-34-32-30-23(4)29-26-20-24(39-6)12-13-27(26)36-31(29)22(3)25(30)14-17-35-32/h12-14,17,20-21,36H,7-11,15-16,18-19H2,1-6H3,(H,33,38)(H,34,35). The lowest BCUT2D eigenvalue weighted by molar-refractivity contribution is -0.121. The van der Waals surface area contributed by atoms with Gasteiger partial charge < -0.3 is 25.3 Å². The Kier molecular flexibility index (Phi) is 9.68. The Morgan fingerprint density at radius 2 is 1.79 bits per heavy atom. The fourth-order valence-electron chi connectivity index (χ4n) is 5.52. The summed E-state index contributed by atoms with van der Waals surface area (Å²) in [6.45, 7) is 12.3. The van der Waals surface area contributed by atoms with Crippen LogP contribution in [0.15, 0.2) is 30.5 Å². The summed E-state index contributed by atoms with van der Waals surface area (Å²) in [4.78, 5) is 22.7. The normalized spacial score (nSPS) is 11.8. The molecule has 0 spiro atoms. The van der Waals surface area contributed by atoms with Gasteiger partial charge in [-0.1, -0.05) is 20.3 Å². The zero-order chi connectivity index (χ0) is 27.9. The van der Waals surface area contributed by atoms with Gasteiger partial charge in [0, 0.05) is 47.4 Å². The summed E-state index contributed by atoms with van der Waals surface area (Å²) in [5.74, 6) is 2.64. The second kappa shape index (κ2) is 13.2. The molecule has 0 atom stereocenters. The molecule has 210 valence electrons. The number of H-pyrrole nitrogens is 1. The van der Waals surface area contributed by atoms with Crippen LogP contribution in [0.2, 0.25) is 0 Å². The van der Waals surface area contributed by atoms with Gasteiger partial charge in [-0.2, -0.15) is 0 Å². The number of ether oxygens (including phenoxy) is 1. The Bertz CT molecular complexity index is 1430. The first-order valence-electron chi connectivity index (χ1n) is 14.4. The predicted molar refractivity (Wildman–Crippen MR) is 164 cm³/mol. The van der Waals surface area contributed by atoms with Gasteiger partial charge in [-0.3, -0.25) is 4.79 Å². The smallest absolute Gasteiger partial charge is 0.219 e. The van der Waals surface area contributed by atoms with Crippen LogP contribution < -0.4 is 15.4 Å². The number of aromatic nitrogens is 2. The Hall–Kier alpha value is -3.32. The highest BCUT2D eigenvalue weighted by Gasteiger charge is 2.17. The van der Waals surface area contributed by atoms with E-state index in [9.17, 15) is 4.79 Å². The molecule has 7 heteroatoms. The molecule has 0 bridgehead atoms. The number of rotatable bonds is 14. The number of carbonyl (C=O) groups is 1. The number of anilines is 1. The van der Waals surface area contributed by atoms with Crippen molar-refractivity contribution < 1.29 is 9.53 Å². The Morgan fingerprint density at radius 3 is 2.54 bits per heavy atom. The zero-order valence-corrected chi connectivity index (χ0v) is 24.5. The molecule has 0 aliphatic rings. The first-order chi connectivity index (χ1) is 18.8. The Morgan fingerprint density at radius 1 is 1.03 bits per heavy atom. The van der Waals surface area contributed by atoms with E-state index in [0.29, 0.717) is 12.3 Å². The Balaban J connectivity index is 1.34. The maximum absolute atomic E-state index is 12.0. The molecule has 4 aromatic rings. The van der Waals surface area contributed by atoms with E-state index >= 15 is 0 Å². The minimum absolute atomic E-state index is 0.180. The number of nitrogens with zero attached hydrogens (tertiary/aromatic N) is 2. The molecular formula is C32H45N5O2. The largest absolute Gasteiger partial charge is 0.497 e. The summed E-state index contributed by atoms with van der Waals surface area (Å²) in [6, 6.07) is 8.32. The first-order valence-corrected chi connectivity index (χ1v) is 14.4. The van der Waals surface area contributed by atoms with Crippen molar-refractivity contribution in [3.63, 3.8) is 0 Å². The highest BCUT2D eigenvalue weighted by Crippen LogP contribution is 2.39. The fourth-order valence-corrected chi connectivity index (χ4v) is 5.52. The summed E-state index contributed by atoms with van der Waals surface area (Å²) in [5, 5.41) is 11.5. The van der Waals surface area contributed by atoms with Gasteiger partial charge in [0.1, 0.15) is 11.6 Å². The second-order valence-corrected chi connectivity index (χ2v) is 11.2. The number of carbonyl (C=O) groups excluding carboxylic acids is 1. The minimum Gasteiger partial charge on any atom is -0.497 e. The number of methoxy groups -OCH3 is 1. The summed E-state index contributed by atoms with van der Waals surface area (Å²) < 4.78 is 5.51. The minimum atomic E-state index is 0.180. The van der Waals surface area contributed by atoms with Crippen molar-refractivity contribution in [3.8, 4) is 5.75 Å². The first kappa shape index (κ1) is 28.7. The third kappa shape index (κ3) is 6.82. The van der Waals surface area contributed by atoms with E-state index in [0.717, 1.165) is 68.9 Å². The van der Waals surface area contributed by atoms with Gasteiger partial charge in [0.2, 0.25) is 5.91 Å². The number of amides is 1. The van der Waals surface area contributed by atoms with E-state index in [-0.39, 0.29) is 5.91 Å². The monoisotopic (exact) mass is 531 g/mol. The Labute approximate surface area is 232 Å².